The van der Waals surface area contributed by atoms with Crippen LogP contribution in [0.4, 0.5) is 0 Å². The summed E-state index contributed by atoms with van der Waals surface area (Å²) in [5.41, 5.74) is 12.3. The largest absolute Gasteiger partial charge is 0.227 e. The molecule has 9 aromatic rings. The molecule has 2 aromatic heterocycles. The molecule has 49 heavy (non-hydrogen) atoms. The van der Waals surface area contributed by atoms with E-state index in [1.807, 2.05) is 0 Å². The molecule has 230 valence electrons. The molecule has 0 fully saturated rings. The zero-order valence-corrected chi connectivity index (χ0v) is 27.4. The van der Waals surface area contributed by atoms with E-state index in [0.29, 0.717) is 0 Å². The minimum Gasteiger partial charge on any atom is -0.227 e. The van der Waals surface area contributed by atoms with Crippen LogP contribution < -0.4 is 0 Å². The Bertz CT molecular complexity index is 2520. The lowest BCUT2D eigenvalue weighted by atomic mass is 9.91. The van der Waals surface area contributed by atoms with Crippen LogP contribution in [0.3, 0.4) is 0 Å². The van der Waals surface area contributed by atoms with E-state index in [0.717, 1.165) is 55.1 Å². The van der Waals surface area contributed by atoms with Gasteiger partial charge in [0.1, 0.15) is 4.83 Å². The van der Waals surface area contributed by atoms with Crippen LogP contribution in [0.5, 0.6) is 0 Å². The lowest BCUT2D eigenvalue weighted by Crippen LogP contribution is -1.95. The standard InChI is InChI=1S/C46H30N2S/c1-5-15-31(16-6-1)35-25-36(32-17-7-2-8-18-32)27-38(26-35)39-28-37(33-19-9-3-10-20-33)29-40(30-39)45-47-44(34-21-11-4-12-22-34)43-41-23-13-14-24-42(41)49-46(43)48-45/h1-30H. The van der Waals surface area contributed by atoms with Gasteiger partial charge in [0, 0.05) is 26.6 Å². The van der Waals surface area contributed by atoms with Gasteiger partial charge < -0.3 is 0 Å². The predicted octanol–water partition coefficient (Wildman–Crippen LogP) is 12.8. The highest BCUT2D eigenvalue weighted by molar-refractivity contribution is 7.25. The van der Waals surface area contributed by atoms with Gasteiger partial charge in [0.25, 0.3) is 0 Å². The van der Waals surface area contributed by atoms with Crippen molar-refractivity contribution in [2.24, 2.45) is 0 Å². The number of thiophene rings is 1. The molecular formula is C46H30N2S. The molecule has 0 saturated heterocycles. The first-order chi connectivity index (χ1) is 24.3. The molecule has 0 radical (unpaired) electrons. The molecule has 2 nitrogen and oxygen atoms in total. The van der Waals surface area contributed by atoms with Gasteiger partial charge in [0.05, 0.1) is 5.69 Å². The second-order valence-corrected chi connectivity index (χ2v) is 13.3. The first-order valence-corrected chi connectivity index (χ1v) is 17.3. The lowest BCUT2D eigenvalue weighted by Gasteiger charge is -2.15. The number of hydrogen-bond donors (Lipinski definition) is 0. The van der Waals surface area contributed by atoms with Crippen molar-refractivity contribution in [1.29, 1.82) is 0 Å². The van der Waals surface area contributed by atoms with Gasteiger partial charge in [-0.3, -0.25) is 0 Å². The van der Waals surface area contributed by atoms with E-state index in [9.17, 15) is 0 Å². The van der Waals surface area contributed by atoms with Crippen molar-refractivity contribution >= 4 is 31.6 Å². The second kappa shape index (κ2) is 12.5. The molecule has 0 spiro atoms. The molecular weight excluding hydrogens is 613 g/mol. The number of nitrogens with zero attached hydrogens (tertiary/aromatic N) is 2. The molecule has 0 aliphatic carbocycles. The molecule has 0 amide bonds. The van der Waals surface area contributed by atoms with Gasteiger partial charge in [-0.2, -0.15) is 0 Å². The van der Waals surface area contributed by atoms with Crippen molar-refractivity contribution in [1.82, 2.24) is 9.97 Å². The van der Waals surface area contributed by atoms with Crippen molar-refractivity contribution in [2.75, 3.05) is 0 Å². The smallest absolute Gasteiger partial charge is 0.161 e. The van der Waals surface area contributed by atoms with Crippen molar-refractivity contribution in [2.45, 2.75) is 0 Å². The minimum absolute atomic E-state index is 0.722. The van der Waals surface area contributed by atoms with E-state index in [-0.39, 0.29) is 0 Å². The molecule has 9 rings (SSSR count). The van der Waals surface area contributed by atoms with Gasteiger partial charge in [-0.15, -0.1) is 11.3 Å². The maximum Gasteiger partial charge on any atom is 0.161 e. The Labute approximate surface area is 289 Å². The van der Waals surface area contributed by atoms with Crippen LogP contribution >= 0.6 is 11.3 Å². The third kappa shape index (κ3) is 5.61. The number of aromatic nitrogens is 2. The molecule has 0 saturated carbocycles. The summed E-state index contributed by atoms with van der Waals surface area (Å²) in [7, 11) is 0. The molecule has 0 aliphatic heterocycles. The van der Waals surface area contributed by atoms with Gasteiger partial charge in [-0.1, -0.05) is 140 Å². The van der Waals surface area contributed by atoms with E-state index in [1.165, 1.54) is 32.3 Å². The van der Waals surface area contributed by atoms with Crippen LogP contribution in [0, 0.1) is 0 Å². The summed E-state index contributed by atoms with van der Waals surface area (Å²) in [6, 6.07) is 64.6. The normalized spacial score (nSPS) is 11.3. The Hall–Kier alpha value is -6.16. The molecule has 7 aromatic carbocycles. The average Bonchev–Trinajstić information content (AvgIpc) is 3.57. The van der Waals surface area contributed by atoms with Crippen LogP contribution in [0.25, 0.3) is 87.5 Å². The van der Waals surface area contributed by atoms with E-state index in [1.54, 1.807) is 11.3 Å². The highest BCUT2D eigenvalue weighted by Gasteiger charge is 2.18. The number of rotatable bonds is 6. The van der Waals surface area contributed by atoms with E-state index in [2.05, 4.69) is 182 Å². The van der Waals surface area contributed by atoms with Crippen LogP contribution in [-0.4, -0.2) is 9.97 Å². The first-order valence-electron chi connectivity index (χ1n) is 16.5. The fourth-order valence-corrected chi connectivity index (χ4v) is 7.74. The Morgan fingerprint density at radius 3 is 1.20 bits per heavy atom. The molecule has 0 atom stereocenters. The topological polar surface area (TPSA) is 25.8 Å². The minimum atomic E-state index is 0.722. The Morgan fingerprint density at radius 1 is 0.327 bits per heavy atom. The summed E-state index contributed by atoms with van der Waals surface area (Å²) in [4.78, 5) is 11.6. The van der Waals surface area contributed by atoms with E-state index in [4.69, 9.17) is 9.97 Å². The van der Waals surface area contributed by atoms with Gasteiger partial charge in [-0.05, 0) is 87.0 Å². The maximum atomic E-state index is 5.36. The zero-order chi connectivity index (χ0) is 32.6. The molecule has 0 aliphatic rings. The summed E-state index contributed by atoms with van der Waals surface area (Å²) in [5.74, 6) is 0.722. The van der Waals surface area contributed by atoms with Gasteiger partial charge in [0.2, 0.25) is 0 Å². The third-order valence-corrected chi connectivity index (χ3v) is 10.1. The van der Waals surface area contributed by atoms with Gasteiger partial charge in [-0.25, -0.2) is 9.97 Å². The maximum absolute atomic E-state index is 5.36. The van der Waals surface area contributed by atoms with Crippen LogP contribution in [0.2, 0.25) is 0 Å². The second-order valence-electron chi connectivity index (χ2n) is 12.2. The zero-order valence-electron chi connectivity index (χ0n) is 26.6. The van der Waals surface area contributed by atoms with E-state index < -0.39 is 0 Å². The quantitative estimate of drug-likeness (QED) is 0.180. The number of benzene rings is 7. The number of hydrogen-bond acceptors (Lipinski definition) is 3. The fraction of sp³-hybridized carbons (Fsp3) is 0. The fourth-order valence-electron chi connectivity index (χ4n) is 6.67. The summed E-state index contributed by atoms with van der Waals surface area (Å²) >= 11 is 1.73. The molecule has 0 unspecified atom stereocenters. The molecule has 2 heterocycles. The van der Waals surface area contributed by atoms with Gasteiger partial charge >= 0.3 is 0 Å². The van der Waals surface area contributed by atoms with Crippen molar-refractivity contribution in [3.8, 4) is 67.2 Å². The summed E-state index contributed by atoms with van der Waals surface area (Å²) in [5, 5.41) is 2.30. The van der Waals surface area contributed by atoms with Crippen LogP contribution in [0.1, 0.15) is 0 Å². The Balaban J connectivity index is 1.30. The van der Waals surface area contributed by atoms with Crippen molar-refractivity contribution < 1.29 is 0 Å². The monoisotopic (exact) mass is 642 g/mol. The Morgan fingerprint density at radius 2 is 0.714 bits per heavy atom. The van der Waals surface area contributed by atoms with E-state index >= 15 is 0 Å². The van der Waals surface area contributed by atoms with Crippen molar-refractivity contribution in [3.05, 3.63) is 182 Å². The van der Waals surface area contributed by atoms with Crippen LogP contribution in [0.15, 0.2) is 182 Å². The summed E-state index contributed by atoms with van der Waals surface area (Å²) in [6.45, 7) is 0. The first kappa shape index (κ1) is 29.0. The Kier molecular flexibility index (Phi) is 7.38. The predicted molar refractivity (Wildman–Crippen MR) is 208 cm³/mol. The lowest BCUT2D eigenvalue weighted by molar-refractivity contribution is 1.24. The SMILES string of the molecule is c1ccc(-c2cc(-c3ccccc3)cc(-c3cc(-c4ccccc4)cc(-c4nc(-c5ccccc5)c5c(n4)sc4ccccc45)c3)c2)cc1. The third-order valence-electron chi connectivity index (χ3n) is 9.07. The van der Waals surface area contributed by atoms with Crippen LogP contribution in [-0.2, 0) is 0 Å². The highest BCUT2D eigenvalue weighted by Crippen LogP contribution is 2.41. The molecule has 0 N–H and O–H groups in total. The van der Waals surface area contributed by atoms with Crippen molar-refractivity contribution in [3.63, 3.8) is 0 Å². The molecule has 3 heteroatoms. The average molecular weight is 643 g/mol. The summed E-state index contributed by atoms with van der Waals surface area (Å²) in [6.07, 6.45) is 0. The summed E-state index contributed by atoms with van der Waals surface area (Å²) < 4.78 is 1.21. The van der Waals surface area contributed by atoms with Gasteiger partial charge in [0.15, 0.2) is 5.82 Å². The number of fused-ring (bicyclic) bond motifs is 3. The highest BCUT2D eigenvalue weighted by atomic mass is 32.1. The molecule has 0 bridgehead atoms.